The van der Waals surface area contributed by atoms with E-state index in [1.165, 1.54) is 0 Å². The number of rotatable bonds is 9. The molecule has 0 saturated heterocycles. The van der Waals surface area contributed by atoms with Crippen molar-refractivity contribution >= 4 is 16.7 Å². The molecule has 0 heterocycles. The molecule has 0 aromatic heterocycles. The van der Waals surface area contributed by atoms with Gasteiger partial charge in [0.2, 0.25) is 0 Å². The van der Waals surface area contributed by atoms with Gasteiger partial charge in [-0.1, -0.05) is 30.3 Å². The SMILES string of the molecule is CC(C)(C)[S@@](=O)N[C@@](C)(C[C@H](OCC#N)c1ccccc1)c1cc([N+](=O)[O-])ccc1F. The first-order valence-electron chi connectivity index (χ1n) is 9.65. The largest absolute Gasteiger partial charge is 0.359 e. The zero-order valence-corrected chi connectivity index (χ0v) is 18.7. The molecule has 0 radical (unpaired) electrons. The van der Waals surface area contributed by atoms with Gasteiger partial charge in [0, 0.05) is 24.1 Å². The molecule has 0 aliphatic carbocycles. The van der Waals surface area contributed by atoms with Crippen molar-refractivity contribution in [3.8, 4) is 6.07 Å². The fraction of sp³-hybridized carbons (Fsp3) is 0.409. The lowest BCUT2D eigenvalue weighted by atomic mass is 9.85. The van der Waals surface area contributed by atoms with Gasteiger partial charge in [0.05, 0.1) is 38.4 Å². The number of nitriles is 1. The zero-order valence-electron chi connectivity index (χ0n) is 17.9. The predicted octanol–water partition coefficient (Wildman–Crippen LogP) is 4.67. The van der Waals surface area contributed by atoms with E-state index in [1.54, 1.807) is 27.7 Å². The summed E-state index contributed by atoms with van der Waals surface area (Å²) < 4.78 is 35.9. The predicted molar refractivity (Wildman–Crippen MR) is 117 cm³/mol. The summed E-state index contributed by atoms with van der Waals surface area (Å²) in [4.78, 5) is 10.7. The molecule has 31 heavy (non-hydrogen) atoms. The molecule has 3 atom stereocenters. The Kier molecular flexibility index (Phi) is 8.01. The van der Waals surface area contributed by atoms with Gasteiger partial charge in [0.1, 0.15) is 12.4 Å². The molecule has 0 bridgehead atoms. The Balaban J connectivity index is 2.58. The van der Waals surface area contributed by atoms with Crippen LogP contribution in [0.25, 0.3) is 0 Å². The third-order valence-corrected chi connectivity index (χ3v) is 6.49. The van der Waals surface area contributed by atoms with E-state index in [2.05, 4.69) is 4.72 Å². The molecule has 7 nitrogen and oxygen atoms in total. The van der Waals surface area contributed by atoms with E-state index in [1.807, 2.05) is 36.4 Å². The van der Waals surface area contributed by atoms with E-state index in [-0.39, 0.29) is 24.3 Å². The van der Waals surface area contributed by atoms with Crippen LogP contribution >= 0.6 is 0 Å². The monoisotopic (exact) mass is 447 g/mol. The second kappa shape index (κ2) is 10.1. The van der Waals surface area contributed by atoms with Crippen LogP contribution in [0.1, 0.15) is 51.3 Å². The normalized spacial score (nSPS) is 15.5. The van der Waals surface area contributed by atoms with Gasteiger partial charge in [0.25, 0.3) is 5.69 Å². The highest BCUT2D eigenvalue weighted by Crippen LogP contribution is 2.37. The molecule has 9 heteroatoms. The van der Waals surface area contributed by atoms with E-state index < -0.39 is 38.1 Å². The van der Waals surface area contributed by atoms with E-state index in [9.17, 15) is 18.7 Å². The molecule has 0 saturated carbocycles. The molecule has 0 unspecified atom stereocenters. The molecule has 166 valence electrons. The van der Waals surface area contributed by atoms with Crippen molar-refractivity contribution in [3.05, 3.63) is 75.6 Å². The number of nitro benzene ring substituents is 1. The Bertz CT molecular complexity index is 988. The number of nitro groups is 1. The molecular weight excluding hydrogens is 421 g/mol. The number of nitrogens with zero attached hydrogens (tertiary/aromatic N) is 2. The topological polar surface area (TPSA) is 105 Å². The Labute approximate surface area is 184 Å². The average Bonchev–Trinajstić information content (AvgIpc) is 2.71. The van der Waals surface area contributed by atoms with Crippen LogP contribution in [0, 0.1) is 27.3 Å². The number of hydrogen-bond acceptors (Lipinski definition) is 5. The molecule has 0 aliphatic heterocycles. The van der Waals surface area contributed by atoms with E-state index in [0.29, 0.717) is 0 Å². The first-order chi connectivity index (χ1) is 14.5. The van der Waals surface area contributed by atoms with Gasteiger partial charge in [-0.05, 0) is 39.3 Å². The lowest BCUT2D eigenvalue weighted by Gasteiger charge is -2.36. The fourth-order valence-electron chi connectivity index (χ4n) is 3.06. The minimum absolute atomic E-state index is 0.000730. The Morgan fingerprint density at radius 2 is 1.87 bits per heavy atom. The molecule has 0 amide bonds. The van der Waals surface area contributed by atoms with Crippen LogP contribution in [0.2, 0.25) is 0 Å². The summed E-state index contributed by atoms with van der Waals surface area (Å²) in [6, 6.07) is 14.3. The Hall–Kier alpha value is -2.67. The van der Waals surface area contributed by atoms with Crippen molar-refractivity contribution in [1.29, 1.82) is 5.26 Å². The molecule has 0 aliphatic rings. The van der Waals surface area contributed by atoms with E-state index in [0.717, 1.165) is 23.8 Å². The quantitative estimate of drug-likeness (QED) is 0.444. The average molecular weight is 448 g/mol. The van der Waals surface area contributed by atoms with E-state index in [4.69, 9.17) is 10.00 Å². The third kappa shape index (κ3) is 6.40. The Morgan fingerprint density at radius 1 is 1.23 bits per heavy atom. The molecule has 0 spiro atoms. The van der Waals surface area contributed by atoms with Gasteiger partial charge in [-0.3, -0.25) is 10.1 Å². The molecule has 1 N–H and O–H groups in total. The van der Waals surface area contributed by atoms with Crippen molar-refractivity contribution < 1.29 is 18.3 Å². The fourth-order valence-corrected chi connectivity index (χ4v) is 3.97. The first kappa shape index (κ1) is 24.6. The zero-order chi connectivity index (χ0) is 23.2. The number of halogens is 1. The minimum atomic E-state index is -1.62. The molecule has 2 rings (SSSR count). The third-order valence-electron chi connectivity index (χ3n) is 4.74. The Morgan fingerprint density at radius 3 is 2.42 bits per heavy atom. The lowest BCUT2D eigenvalue weighted by Crippen LogP contribution is -2.47. The van der Waals surface area contributed by atoms with Crippen LogP contribution in [0.15, 0.2) is 48.5 Å². The number of hydrogen-bond donors (Lipinski definition) is 1. The van der Waals surface area contributed by atoms with Gasteiger partial charge in [0.15, 0.2) is 0 Å². The summed E-state index contributed by atoms with van der Waals surface area (Å²) in [6.07, 6.45) is -0.563. The highest BCUT2D eigenvalue weighted by Gasteiger charge is 2.38. The minimum Gasteiger partial charge on any atom is -0.359 e. The van der Waals surface area contributed by atoms with Gasteiger partial charge in [-0.15, -0.1) is 0 Å². The van der Waals surface area contributed by atoms with E-state index >= 15 is 0 Å². The second-order valence-corrected chi connectivity index (χ2v) is 10.3. The van der Waals surface area contributed by atoms with Gasteiger partial charge in [-0.2, -0.15) is 5.26 Å². The summed E-state index contributed by atoms with van der Waals surface area (Å²) >= 11 is 0. The van der Waals surface area contributed by atoms with Gasteiger partial charge in [-0.25, -0.2) is 13.3 Å². The highest BCUT2D eigenvalue weighted by atomic mass is 32.2. The van der Waals surface area contributed by atoms with Crippen molar-refractivity contribution in [1.82, 2.24) is 4.72 Å². The van der Waals surface area contributed by atoms with Crippen LogP contribution in [0.5, 0.6) is 0 Å². The number of benzene rings is 2. The standard InChI is InChI=1S/C22H26FN3O4S/c1-21(2,3)31(29)25-22(4,18-14-17(26(27)28)10-11-19(18)23)15-20(30-13-12-24)16-8-6-5-7-9-16/h5-11,14,20,25H,13,15H2,1-4H3/t20-,22-,31+/m0/s1. The molecular formula is C22H26FN3O4S. The highest BCUT2D eigenvalue weighted by molar-refractivity contribution is 7.84. The van der Waals surface area contributed by atoms with Crippen molar-refractivity contribution in [2.24, 2.45) is 0 Å². The summed E-state index contributed by atoms with van der Waals surface area (Å²) in [6.45, 7) is 6.73. The van der Waals surface area contributed by atoms with Crippen LogP contribution in [0.4, 0.5) is 10.1 Å². The summed E-state index contributed by atoms with van der Waals surface area (Å²) in [5.74, 6) is -0.668. The van der Waals surface area contributed by atoms with Crippen LogP contribution in [-0.2, 0) is 21.3 Å². The summed E-state index contributed by atoms with van der Waals surface area (Å²) in [7, 11) is -1.62. The van der Waals surface area contributed by atoms with Crippen LogP contribution in [0.3, 0.4) is 0 Å². The summed E-state index contributed by atoms with van der Waals surface area (Å²) in [5.41, 5.74) is -0.830. The maximum atomic E-state index is 14.9. The molecule has 0 fully saturated rings. The number of ether oxygens (including phenoxy) is 1. The first-order valence-corrected chi connectivity index (χ1v) is 10.8. The van der Waals surface area contributed by atoms with Crippen molar-refractivity contribution in [2.75, 3.05) is 6.61 Å². The number of nitrogens with one attached hydrogen (secondary N) is 1. The maximum absolute atomic E-state index is 14.9. The summed E-state index contributed by atoms with van der Waals surface area (Å²) in [5, 5.41) is 20.3. The second-order valence-electron chi connectivity index (χ2n) is 8.31. The van der Waals surface area contributed by atoms with Gasteiger partial charge >= 0.3 is 0 Å². The van der Waals surface area contributed by atoms with Gasteiger partial charge < -0.3 is 4.74 Å². The molecule has 2 aromatic carbocycles. The lowest BCUT2D eigenvalue weighted by molar-refractivity contribution is -0.385. The van der Waals surface area contributed by atoms with Crippen molar-refractivity contribution in [2.45, 2.75) is 50.5 Å². The van der Waals surface area contributed by atoms with Crippen LogP contribution in [-0.4, -0.2) is 20.5 Å². The van der Waals surface area contributed by atoms with Crippen molar-refractivity contribution in [3.63, 3.8) is 0 Å². The number of non-ortho nitro benzene ring substituents is 1. The molecule has 2 aromatic rings. The smallest absolute Gasteiger partial charge is 0.269 e. The van der Waals surface area contributed by atoms with Crippen LogP contribution < -0.4 is 4.72 Å². The maximum Gasteiger partial charge on any atom is 0.269 e.